The van der Waals surface area contributed by atoms with Crippen LogP contribution in [0.15, 0.2) is 78.6 Å². The third kappa shape index (κ3) is 3.76. The van der Waals surface area contributed by atoms with Gasteiger partial charge in [0.2, 0.25) is 0 Å². The molecule has 1 N–H and O–H groups in total. The number of aliphatic hydroxyl groups is 1. The molecular formula is C24H19Cl2NO3. The predicted molar refractivity (Wildman–Crippen MR) is 119 cm³/mol. The maximum Gasteiger partial charge on any atom is 0.290 e. The first kappa shape index (κ1) is 20.3. The van der Waals surface area contributed by atoms with Crippen LogP contribution in [0.25, 0.3) is 5.57 Å². The molecule has 0 fully saturated rings. The number of amides is 1. The molecule has 4 rings (SSSR count). The average Bonchev–Trinajstić information content (AvgIpc) is 3.00. The molecule has 0 spiro atoms. The Morgan fingerprint density at radius 1 is 0.967 bits per heavy atom. The Hall–Kier alpha value is -2.95. The van der Waals surface area contributed by atoms with E-state index in [1.807, 2.05) is 42.5 Å². The highest BCUT2D eigenvalue weighted by atomic mass is 35.5. The van der Waals surface area contributed by atoms with Gasteiger partial charge in [0.1, 0.15) is 5.75 Å². The van der Waals surface area contributed by atoms with Crippen LogP contribution in [0.3, 0.4) is 0 Å². The first-order valence-electron chi connectivity index (χ1n) is 9.37. The molecule has 1 aliphatic rings. The van der Waals surface area contributed by atoms with Crippen molar-refractivity contribution in [2.45, 2.75) is 12.6 Å². The Kier molecular flexibility index (Phi) is 5.71. The summed E-state index contributed by atoms with van der Waals surface area (Å²) >= 11 is 12.5. The number of carbonyl (C=O) groups is 1. The van der Waals surface area contributed by atoms with Crippen molar-refractivity contribution in [3.8, 4) is 5.75 Å². The lowest BCUT2D eigenvalue weighted by Crippen LogP contribution is -2.30. The Morgan fingerprint density at radius 2 is 1.63 bits per heavy atom. The number of methoxy groups -OCH3 is 1. The molecular weight excluding hydrogens is 421 g/mol. The highest BCUT2D eigenvalue weighted by Crippen LogP contribution is 2.45. The molecule has 0 bridgehead atoms. The van der Waals surface area contributed by atoms with E-state index in [9.17, 15) is 9.90 Å². The van der Waals surface area contributed by atoms with Crippen LogP contribution in [0.2, 0.25) is 10.0 Å². The van der Waals surface area contributed by atoms with Crippen molar-refractivity contribution >= 4 is 34.7 Å². The number of hydrogen-bond acceptors (Lipinski definition) is 3. The van der Waals surface area contributed by atoms with Gasteiger partial charge in [-0.15, -0.1) is 0 Å². The second-order valence-electron chi connectivity index (χ2n) is 6.97. The maximum absolute atomic E-state index is 13.1. The van der Waals surface area contributed by atoms with Crippen molar-refractivity contribution < 1.29 is 14.6 Å². The minimum absolute atomic E-state index is 0.279. The van der Waals surface area contributed by atoms with E-state index >= 15 is 0 Å². The summed E-state index contributed by atoms with van der Waals surface area (Å²) in [5.41, 5.74) is 2.89. The van der Waals surface area contributed by atoms with E-state index in [-0.39, 0.29) is 5.76 Å². The van der Waals surface area contributed by atoms with E-state index in [0.717, 1.165) is 16.7 Å². The molecule has 0 aromatic heterocycles. The second-order valence-corrected chi connectivity index (χ2v) is 7.82. The zero-order valence-corrected chi connectivity index (χ0v) is 17.7. The maximum atomic E-state index is 13.1. The average molecular weight is 440 g/mol. The van der Waals surface area contributed by atoms with Crippen molar-refractivity contribution in [2.75, 3.05) is 7.11 Å². The van der Waals surface area contributed by atoms with E-state index in [2.05, 4.69) is 0 Å². The Bertz CT molecular complexity index is 1110. The van der Waals surface area contributed by atoms with E-state index in [1.54, 1.807) is 42.3 Å². The Balaban J connectivity index is 1.81. The van der Waals surface area contributed by atoms with Gasteiger partial charge in [-0.2, -0.15) is 0 Å². The van der Waals surface area contributed by atoms with Crippen LogP contribution >= 0.6 is 23.2 Å². The van der Waals surface area contributed by atoms with Crippen molar-refractivity contribution in [3.63, 3.8) is 0 Å². The standard InChI is InChI=1S/C24H19Cl2NO3/c1-30-18-12-8-16(9-13-18)21-22(19-4-2-3-5-20(19)26)27(24(29)23(21)28)14-15-6-10-17(25)11-7-15/h2-13,22,28H,14H2,1H3/t22-/m1/s1. The number of benzene rings is 3. The highest BCUT2D eigenvalue weighted by Gasteiger charge is 2.41. The van der Waals surface area contributed by atoms with E-state index < -0.39 is 11.9 Å². The van der Waals surface area contributed by atoms with Crippen molar-refractivity contribution in [1.82, 2.24) is 4.90 Å². The summed E-state index contributed by atoms with van der Waals surface area (Å²) in [5, 5.41) is 12.0. The summed E-state index contributed by atoms with van der Waals surface area (Å²) in [6, 6.07) is 21.4. The van der Waals surface area contributed by atoms with Gasteiger partial charge in [-0.25, -0.2) is 0 Å². The second kappa shape index (κ2) is 8.42. The molecule has 1 amide bonds. The summed E-state index contributed by atoms with van der Waals surface area (Å²) in [4.78, 5) is 14.7. The fourth-order valence-corrected chi connectivity index (χ4v) is 4.05. The summed E-state index contributed by atoms with van der Waals surface area (Å²) in [6.07, 6.45) is 0. The number of nitrogens with zero attached hydrogens (tertiary/aromatic N) is 1. The fraction of sp³-hybridized carbons (Fsp3) is 0.125. The van der Waals surface area contributed by atoms with Gasteiger partial charge in [0.25, 0.3) is 5.91 Å². The minimum atomic E-state index is -0.532. The van der Waals surface area contributed by atoms with Crippen LogP contribution in [0.5, 0.6) is 5.75 Å². The lowest BCUT2D eigenvalue weighted by Gasteiger charge is -2.28. The number of carbonyl (C=O) groups excluding carboxylic acids is 1. The van der Waals surface area contributed by atoms with Gasteiger partial charge < -0.3 is 14.7 Å². The zero-order valence-electron chi connectivity index (χ0n) is 16.2. The molecule has 0 radical (unpaired) electrons. The molecule has 152 valence electrons. The SMILES string of the molecule is COc1ccc(C2=C(O)C(=O)N(Cc3ccc(Cl)cc3)[C@@H]2c2ccccc2Cl)cc1. The lowest BCUT2D eigenvalue weighted by atomic mass is 9.93. The molecule has 1 heterocycles. The van der Waals surface area contributed by atoms with Crippen LogP contribution in [0.4, 0.5) is 0 Å². The van der Waals surface area contributed by atoms with Gasteiger partial charge in [-0.3, -0.25) is 4.79 Å². The number of rotatable bonds is 5. The minimum Gasteiger partial charge on any atom is -0.503 e. The predicted octanol–water partition coefficient (Wildman–Crippen LogP) is 6.05. The lowest BCUT2D eigenvalue weighted by molar-refractivity contribution is -0.130. The van der Waals surface area contributed by atoms with E-state index in [4.69, 9.17) is 27.9 Å². The largest absolute Gasteiger partial charge is 0.503 e. The monoisotopic (exact) mass is 439 g/mol. The van der Waals surface area contributed by atoms with Crippen LogP contribution < -0.4 is 4.74 Å². The van der Waals surface area contributed by atoms with Crippen LogP contribution in [-0.4, -0.2) is 23.0 Å². The van der Waals surface area contributed by atoms with Gasteiger partial charge in [-0.1, -0.05) is 65.7 Å². The summed E-state index contributed by atoms with van der Waals surface area (Å²) in [6.45, 7) is 0.301. The highest BCUT2D eigenvalue weighted by molar-refractivity contribution is 6.31. The van der Waals surface area contributed by atoms with Crippen molar-refractivity contribution in [1.29, 1.82) is 0 Å². The third-order valence-electron chi connectivity index (χ3n) is 5.17. The van der Waals surface area contributed by atoms with E-state index in [0.29, 0.717) is 27.9 Å². The molecule has 1 atom stereocenters. The zero-order chi connectivity index (χ0) is 21.3. The van der Waals surface area contributed by atoms with Crippen molar-refractivity contribution in [2.24, 2.45) is 0 Å². The quantitative estimate of drug-likeness (QED) is 0.525. The number of halogens is 2. The summed E-state index contributed by atoms with van der Waals surface area (Å²) in [5.74, 6) is -0.0322. The van der Waals surface area contributed by atoms with Crippen LogP contribution in [0, 0.1) is 0 Å². The topological polar surface area (TPSA) is 49.8 Å². The van der Waals surface area contributed by atoms with Crippen molar-refractivity contribution in [3.05, 3.63) is 105 Å². The molecule has 0 unspecified atom stereocenters. The Labute approximate surface area is 184 Å². The molecule has 1 aliphatic heterocycles. The van der Waals surface area contributed by atoms with Gasteiger partial charge in [0.15, 0.2) is 5.76 Å². The normalized spacial score (nSPS) is 16.3. The van der Waals surface area contributed by atoms with Crippen LogP contribution in [0.1, 0.15) is 22.7 Å². The number of hydrogen-bond donors (Lipinski definition) is 1. The summed E-state index contributed by atoms with van der Waals surface area (Å²) < 4.78 is 5.23. The molecule has 30 heavy (non-hydrogen) atoms. The Morgan fingerprint density at radius 3 is 2.27 bits per heavy atom. The van der Waals surface area contributed by atoms with Gasteiger partial charge in [-0.05, 0) is 47.0 Å². The molecule has 4 nitrogen and oxygen atoms in total. The number of ether oxygens (including phenoxy) is 1. The van der Waals surface area contributed by atoms with Crippen LogP contribution in [-0.2, 0) is 11.3 Å². The fourth-order valence-electron chi connectivity index (χ4n) is 3.69. The summed E-state index contributed by atoms with van der Waals surface area (Å²) in [7, 11) is 1.59. The molecule has 3 aromatic rings. The molecule has 0 aliphatic carbocycles. The first-order valence-corrected chi connectivity index (χ1v) is 10.1. The first-order chi connectivity index (χ1) is 14.5. The van der Waals surface area contributed by atoms with Gasteiger partial charge in [0, 0.05) is 22.2 Å². The smallest absolute Gasteiger partial charge is 0.290 e. The van der Waals surface area contributed by atoms with E-state index in [1.165, 1.54) is 0 Å². The molecule has 6 heteroatoms. The number of aliphatic hydroxyl groups excluding tert-OH is 1. The molecule has 3 aromatic carbocycles. The molecule has 0 saturated carbocycles. The molecule has 0 saturated heterocycles. The third-order valence-corrected chi connectivity index (χ3v) is 5.77. The van der Waals surface area contributed by atoms with Gasteiger partial charge >= 0.3 is 0 Å². The van der Waals surface area contributed by atoms with Gasteiger partial charge in [0.05, 0.1) is 13.2 Å².